The third kappa shape index (κ3) is 2.45. The maximum atomic E-state index is 6.02. The molecular formula is C12H16ClN7. The van der Waals surface area contributed by atoms with Crippen LogP contribution < -0.4 is 4.90 Å². The van der Waals surface area contributed by atoms with E-state index in [0.29, 0.717) is 23.9 Å². The summed E-state index contributed by atoms with van der Waals surface area (Å²) in [5.41, 5.74) is 0. The first-order valence-corrected chi connectivity index (χ1v) is 7.06. The van der Waals surface area contributed by atoms with Gasteiger partial charge in [-0.05, 0) is 30.4 Å². The van der Waals surface area contributed by atoms with Crippen molar-refractivity contribution in [2.24, 2.45) is 5.92 Å². The predicted octanol–water partition coefficient (Wildman–Crippen LogP) is 1.73. The van der Waals surface area contributed by atoms with Gasteiger partial charge < -0.3 is 4.90 Å². The van der Waals surface area contributed by atoms with Crippen molar-refractivity contribution in [2.75, 3.05) is 11.4 Å². The number of halogens is 1. The van der Waals surface area contributed by atoms with E-state index in [1.54, 1.807) is 6.33 Å². The highest BCUT2D eigenvalue weighted by Crippen LogP contribution is 2.28. The fourth-order valence-electron chi connectivity index (χ4n) is 2.61. The van der Waals surface area contributed by atoms with Crippen LogP contribution in [0, 0.1) is 5.92 Å². The van der Waals surface area contributed by atoms with Gasteiger partial charge in [0.1, 0.15) is 12.7 Å². The van der Waals surface area contributed by atoms with Crippen molar-refractivity contribution in [2.45, 2.75) is 32.7 Å². The highest BCUT2D eigenvalue weighted by molar-refractivity contribution is 6.28. The van der Waals surface area contributed by atoms with Crippen molar-refractivity contribution in [1.29, 1.82) is 0 Å². The number of hydrogen-bond donors (Lipinski definition) is 0. The van der Waals surface area contributed by atoms with Crippen molar-refractivity contribution >= 4 is 17.5 Å². The molecule has 0 saturated carbocycles. The van der Waals surface area contributed by atoms with Crippen molar-refractivity contribution < 1.29 is 0 Å². The predicted molar refractivity (Wildman–Crippen MR) is 75.0 cm³/mol. The van der Waals surface area contributed by atoms with Crippen molar-refractivity contribution in [3.63, 3.8) is 0 Å². The van der Waals surface area contributed by atoms with Crippen molar-refractivity contribution in [3.8, 4) is 5.95 Å². The summed E-state index contributed by atoms with van der Waals surface area (Å²) in [7, 11) is 0. The third-order valence-electron chi connectivity index (χ3n) is 3.53. The lowest BCUT2D eigenvalue weighted by molar-refractivity contribution is 0.486. The average Bonchev–Trinajstić information content (AvgIpc) is 3.09. The first-order valence-electron chi connectivity index (χ1n) is 6.68. The summed E-state index contributed by atoms with van der Waals surface area (Å²) in [6, 6.07) is 0.442. The van der Waals surface area contributed by atoms with Gasteiger partial charge in [0.25, 0.3) is 5.95 Å². The van der Waals surface area contributed by atoms with Gasteiger partial charge in [-0.1, -0.05) is 13.8 Å². The Kier molecular flexibility index (Phi) is 3.52. The van der Waals surface area contributed by atoms with E-state index in [2.05, 4.69) is 43.8 Å². The first-order chi connectivity index (χ1) is 9.65. The molecule has 106 valence electrons. The molecular weight excluding hydrogens is 278 g/mol. The number of hydrogen-bond acceptors (Lipinski definition) is 6. The second-order valence-electron chi connectivity index (χ2n) is 5.19. The minimum atomic E-state index is 0.176. The Morgan fingerprint density at radius 3 is 2.75 bits per heavy atom. The Bertz CT molecular complexity index is 583. The Morgan fingerprint density at radius 1 is 1.25 bits per heavy atom. The molecule has 1 atom stereocenters. The Labute approximate surface area is 122 Å². The van der Waals surface area contributed by atoms with Crippen LogP contribution in [-0.4, -0.2) is 42.3 Å². The minimum Gasteiger partial charge on any atom is -0.337 e. The molecule has 0 spiro atoms. The monoisotopic (exact) mass is 293 g/mol. The molecule has 20 heavy (non-hydrogen) atoms. The third-order valence-corrected chi connectivity index (χ3v) is 3.70. The molecule has 1 saturated heterocycles. The van der Waals surface area contributed by atoms with Gasteiger partial charge >= 0.3 is 0 Å². The normalized spacial score (nSPS) is 19.0. The fourth-order valence-corrected chi connectivity index (χ4v) is 2.76. The number of anilines is 1. The maximum absolute atomic E-state index is 6.02. The number of rotatable bonds is 3. The average molecular weight is 294 g/mol. The molecule has 2 aromatic heterocycles. The first kappa shape index (κ1) is 13.2. The van der Waals surface area contributed by atoms with Crippen LogP contribution in [0.25, 0.3) is 5.95 Å². The maximum Gasteiger partial charge on any atom is 0.258 e. The Morgan fingerprint density at radius 2 is 2.05 bits per heavy atom. The molecule has 7 nitrogen and oxygen atoms in total. The minimum absolute atomic E-state index is 0.176. The van der Waals surface area contributed by atoms with E-state index < -0.39 is 0 Å². The SMILES string of the molecule is CC(C)C1CCCN1c1nc(Cl)nc(-n2cncn2)n1. The molecule has 1 fully saturated rings. The van der Waals surface area contributed by atoms with E-state index in [4.69, 9.17) is 11.6 Å². The van der Waals surface area contributed by atoms with Crippen LogP contribution in [0.2, 0.25) is 5.28 Å². The van der Waals surface area contributed by atoms with Gasteiger partial charge in [-0.25, -0.2) is 4.98 Å². The second-order valence-corrected chi connectivity index (χ2v) is 5.53. The number of nitrogens with zero attached hydrogens (tertiary/aromatic N) is 7. The zero-order valence-electron chi connectivity index (χ0n) is 11.4. The summed E-state index contributed by atoms with van der Waals surface area (Å²) in [4.78, 5) is 18.9. The van der Waals surface area contributed by atoms with Gasteiger partial charge in [-0.3, -0.25) is 0 Å². The summed E-state index contributed by atoms with van der Waals surface area (Å²) in [5.74, 6) is 1.56. The summed E-state index contributed by atoms with van der Waals surface area (Å²) >= 11 is 6.02. The highest BCUT2D eigenvalue weighted by atomic mass is 35.5. The summed E-state index contributed by atoms with van der Waals surface area (Å²) in [6.45, 7) is 5.37. The standard InChI is InChI=1S/C12H16ClN7/c1-8(2)9-4-3-5-19(9)11-16-10(13)17-12(18-11)20-7-14-6-15-20/h6-9H,3-5H2,1-2H3. The van der Waals surface area contributed by atoms with E-state index in [9.17, 15) is 0 Å². The van der Waals surface area contributed by atoms with E-state index in [0.717, 1.165) is 19.4 Å². The molecule has 3 heterocycles. The topological polar surface area (TPSA) is 72.6 Å². The van der Waals surface area contributed by atoms with Gasteiger partial charge in [0.2, 0.25) is 11.2 Å². The summed E-state index contributed by atoms with van der Waals surface area (Å²) in [5, 5.41) is 4.20. The molecule has 1 unspecified atom stereocenters. The molecule has 0 bridgehead atoms. The molecule has 1 aliphatic heterocycles. The Balaban J connectivity index is 1.98. The van der Waals surface area contributed by atoms with Crippen LogP contribution in [0.1, 0.15) is 26.7 Å². The fraction of sp³-hybridized carbons (Fsp3) is 0.583. The van der Waals surface area contributed by atoms with Gasteiger partial charge in [-0.2, -0.15) is 24.7 Å². The van der Waals surface area contributed by atoms with Gasteiger partial charge in [0.15, 0.2) is 0 Å². The zero-order valence-corrected chi connectivity index (χ0v) is 12.2. The van der Waals surface area contributed by atoms with E-state index in [1.165, 1.54) is 11.0 Å². The van der Waals surface area contributed by atoms with Crippen LogP contribution in [0.15, 0.2) is 12.7 Å². The lowest BCUT2D eigenvalue weighted by Crippen LogP contribution is -2.35. The van der Waals surface area contributed by atoms with E-state index in [-0.39, 0.29) is 5.28 Å². The highest BCUT2D eigenvalue weighted by Gasteiger charge is 2.29. The molecule has 1 aliphatic rings. The molecule has 8 heteroatoms. The molecule has 0 aliphatic carbocycles. The van der Waals surface area contributed by atoms with Gasteiger partial charge in [-0.15, -0.1) is 0 Å². The van der Waals surface area contributed by atoms with Crippen LogP contribution in [0.5, 0.6) is 0 Å². The van der Waals surface area contributed by atoms with E-state index in [1.807, 2.05) is 0 Å². The molecule has 2 aromatic rings. The van der Waals surface area contributed by atoms with Crippen molar-refractivity contribution in [1.82, 2.24) is 29.7 Å². The van der Waals surface area contributed by atoms with Crippen LogP contribution in [-0.2, 0) is 0 Å². The smallest absolute Gasteiger partial charge is 0.258 e. The van der Waals surface area contributed by atoms with Gasteiger partial charge in [0, 0.05) is 12.6 Å². The van der Waals surface area contributed by atoms with Crippen LogP contribution >= 0.6 is 11.6 Å². The van der Waals surface area contributed by atoms with Crippen LogP contribution in [0.3, 0.4) is 0 Å². The van der Waals surface area contributed by atoms with Gasteiger partial charge in [0.05, 0.1) is 0 Å². The molecule has 0 amide bonds. The quantitative estimate of drug-likeness (QED) is 0.858. The summed E-state index contributed by atoms with van der Waals surface area (Å²) in [6.07, 6.45) is 5.27. The Hall–Kier alpha value is -1.76. The molecule has 3 rings (SSSR count). The second kappa shape index (κ2) is 5.32. The van der Waals surface area contributed by atoms with Crippen molar-refractivity contribution in [3.05, 3.63) is 17.9 Å². The number of aromatic nitrogens is 6. The summed E-state index contributed by atoms with van der Waals surface area (Å²) < 4.78 is 1.48. The largest absolute Gasteiger partial charge is 0.337 e. The zero-order chi connectivity index (χ0) is 14.1. The lowest BCUT2D eigenvalue weighted by atomic mass is 10.0. The van der Waals surface area contributed by atoms with Crippen LogP contribution in [0.4, 0.5) is 5.95 Å². The molecule has 0 aromatic carbocycles. The molecule has 0 N–H and O–H groups in total. The van der Waals surface area contributed by atoms with E-state index >= 15 is 0 Å². The lowest BCUT2D eigenvalue weighted by Gasteiger charge is -2.27. The molecule has 0 radical (unpaired) electrons.